The molecule has 0 heterocycles. The fourth-order valence-electron chi connectivity index (χ4n) is 3.12. The first-order chi connectivity index (χ1) is 9.03. The average Bonchev–Trinajstić information content (AvgIpc) is 2.53. The molecule has 0 radical (unpaired) electrons. The summed E-state index contributed by atoms with van der Waals surface area (Å²) in [6, 6.07) is 0. The van der Waals surface area contributed by atoms with Gasteiger partial charge in [-0.1, -0.05) is 20.8 Å². The fraction of sp³-hybridized carbons (Fsp3) is 0.533. The number of hydrogen-bond acceptors (Lipinski definition) is 5. The standard InChI is InChI=1S/C15H18O5/c1-7-10(17)12(19)9(13(20)11(7)18)15(4)6-8(16)5-14(15,2)3/h17,20H,5-6H2,1-4H3/t15-/m1/s1. The summed E-state index contributed by atoms with van der Waals surface area (Å²) < 4.78 is 0. The third-order valence-corrected chi connectivity index (χ3v) is 4.83. The summed E-state index contributed by atoms with van der Waals surface area (Å²) in [7, 11) is 0. The second kappa shape index (κ2) is 4.04. The maximum absolute atomic E-state index is 12.3. The van der Waals surface area contributed by atoms with E-state index >= 15 is 0 Å². The summed E-state index contributed by atoms with van der Waals surface area (Å²) in [6.45, 7) is 6.61. The second-order valence-corrected chi connectivity index (χ2v) is 6.46. The van der Waals surface area contributed by atoms with Gasteiger partial charge in [0.2, 0.25) is 11.6 Å². The van der Waals surface area contributed by atoms with E-state index in [1.54, 1.807) is 6.92 Å². The van der Waals surface area contributed by atoms with E-state index in [0.717, 1.165) is 0 Å². The normalized spacial score (nSPS) is 30.5. The number of rotatable bonds is 1. The van der Waals surface area contributed by atoms with Crippen LogP contribution in [0.4, 0.5) is 0 Å². The number of carbonyl (C=O) groups is 3. The van der Waals surface area contributed by atoms with E-state index in [0.29, 0.717) is 0 Å². The van der Waals surface area contributed by atoms with Crippen molar-refractivity contribution in [2.24, 2.45) is 10.8 Å². The highest BCUT2D eigenvalue weighted by molar-refractivity contribution is 6.23. The van der Waals surface area contributed by atoms with Crippen LogP contribution in [0.3, 0.4) is 0 Å². The summed E-state index contributed by atoms with van der Waals surface area (Å²) in [5, 5.41) is 19.9. The zero-order valence-corrected chi connectivity index (χ0v) is 12.0. The number of Topliss-reactive ketones (excluding diaryl/α,β-unsaturated/α-hetero) is 3. The first-order valence-electron chi connectivity index (χ1n) is 6.47. The van der Waals surface area contributed by atoms with Gasteiger partial charge >= 0.3 is 0 Å². The van der Waals surface area contributed by atoms with Crippen molar-refractivity contribution in [3.8, 4) is 0 Å². The molecule has 0 aromatic carbocycles. The first kappa shape index (κ1) is 14.5. The lowest BCUT2D eigenvalue weighted by molar-refractivity contribution is -0.121. The van der Waals surface area contributed by atoms with Gasteiger partial charge in [-0.05, 0) is 12.3 Å². The minimum Gasteiger partial charge on any atom is -0.504 e. The van der Waals surface area contributed by atoms with Crippen molar-refractivity contribution in [2.45, 2.75) is 40.5 Å². The molecule has 2 N–H and O–H groups in total. The lowest BCUT2D eigenvalue weighted by Crippen LogP contribution is -2.39. The van der Waals surface area contributed by atoms with Crippen LogP contribution in [0, 0.1) is 10.8 Å². The van der Waals surface area contributed by atoms with Gasteiger partial charge in [-0.3, -0.25) is 14.4 Å². The number of ketones is 3. The van der Waals surface area contributed by atoms with Gasteiger partial charge in [0, 0.05) is 23.8 Å². The summed E-state index contributed by atoms with van der Waals surface area (Å²) in [5.74, 6) is -2.82. The molecule has 0 aromatic heterocycles. The van der Waals surface area contributed by atoms with Gasteiger partial charge in [-0.25, -0.2) is 0 Å². The Labute approximate surface area is 117 Å². The van der Waals surface area contributed by atoms with Crippen molar-refractivity contribution in [1.82, 2.24) is 0 Å². The molecular formula is C15H18O5. The molecule has 1 saturated carbocycles. The fourth-order valence-corrected chi connectivity index (χ4v) is 3.12. The number of carbonyl (C=O) groups excluding carboxylic acids is 3. The first-order valence-corrected chi connectivity index (χ1v) is 6.47. The highest BCUT2D eigenvalue weighted by Crippen LogP contribution is 2.56. The van der Waals surface area contributed by atoms with Crippen molar-refractivity contribution >= 4 is 17.3 Å². The van der Waals surface area contributed by atoms with E-state index in [2.05, 4.69) is 0 Å². The topological polar surface area (TPSA) is 91.7 Å². The molecule has 0 bridgehead atoms. The Morgan fingerprint density at radius 2 is 1.45 bits per heavy atom. The van der Waals surface area contributed by atoms with Crippen LogP contribution in [0.15, 0.2) is 22.7 Å². The Morgan fingerprint density at radius 1 is 0.900 bits per heavy atom. The molecule has 0 unspecified atom stereocenters. The molecule has 1 fully saturated rings. The van der Waals surface area contributed by atoms with Crippen LogP contribution in [0.1, 0.15) is 40.5 Å². The molecule has 0 amide bonds. The maximum Gasteiger partial charge on any atom is 0.228 e. The van der Waals surface area contributed by atoms with E-state index < -0.39 is 33.9 Å². The van der Waals surface area contributed by atoms with Gasteiger partial charge < -0.3 is 10.2 Å². The summed E-state index contributed by atoms with van der Waals surface area (Å²) >= 11 is 0. The predicted molar refractivity (Wildman–Crippen MR) is 71.1 cm³/mol. The van der Waals surface area contributed by atoms with Gasteiger partial charge in [-0.2, -0.15) is 0 Å². The van der Waals surface area contributed by atoms with Crippen LogP contribution in [0.5, 0.6) is 0 Å². The molecule has 2 aliphatic rings. The summed E-state index contributed by atoms with van der Waals surface area (Å²) in [5.41, 5.74) is -1.84. The average molecular weight is 278 g/mol. The molecule has 20 heavy (non-hydrogen) atoms. The third kappa shape index (κ3) is 1.65. The number of aliphatic hydroxyl groups excluding tert-OH is 2. The highest BCUT2D eigenvalue weighted by Gasteiger charge is 2.56. The van der Waals surface area contributed by atoms with Crippen molar-refractivity contribution in [2.75, 3.05) is 0 Å². The highest BCUT2D eigenvalue weighted by atomic mass is 16.3. The Hall–Kier alpha value is -1.91. The Morgan fingerprint density at radius 3 is 1.90 bits per heavy atom. The van der Waals surface area contributed by atoms with Crippen LogP contribution < -0.4 is 0 Å². The van der Waals surface area contributed by atoms with Crippen LogP contribution in [-0.2, 0) is 14.4 Å². The molecule has 5 nitrogen and oxygen atoms in total. The van der Waals surface area contributed by atoms with E-state index in [1.807, 2.05) is 13.8 Å². The number of aliphatic hydroxyl groups is 2. The molecule has 2 rings (SSSR count). The largest absolute Gasteiger partial charge is 0.504 e. The molecule has 2 aliphatic carbocycles. The van der Waals surface area contributed by atoms with Gasteiger partial charge in [-0.15, -0.1) is 0 Å². The SMILES string of the molecule is CC1=C(O)C(=O)C([C@@]2(C)CC(=O)CC2(C)C)=C(O)C1=O. The number of hydrogen-bond donors (Lipinski definition) is 2. The van der Waals surface area contributed by atoms with Crippen molar-refractivity contribution in [3.63, 3.8) is 0 Å². The van der Waals surface area contributed by atoms with Crippen molar-refractivity contribution in [3.05, 3.63) is 22.7 Å². The van der Waals surface area contributed by atoms with Gasteiger partial charge in [0.05, 0.1) is 5.57 Å². The molecular weight excluding hydrogens is 260 g/mol. The lowest BCUT2D eigenvalue weighted by atomic mass is 9.62. The lowest BCUT2D eigenvalue weighted by Gasteiger charge is -2.40. The smallest absolute Gasteiger partial charge is 0.228 e. The predicted octanol–water partition coefficient (Wildman–Crippen LogP) is 2.18. The zero-order valence-electron chi connectivity index (χ0n) is 12.0. The van der Waals surface area contributed by atoms with Gasteiger partial charge in [0.25, 0.3) is 0 Å². The third-order valence-electron chi connectivity index (χ3n) is 4.83. The van der Waals surface area contributed by atoms with Crippen LogP contribution in [0.2, 0.25) is 0 Å². The number of allylic oxidation sites excluding steroid dienone is 2. The molecule has 1 atom stereocenters. The zero-order chi connectivity index (χ0) is 15.5. The Bertz CT molecular complexity index is 606. The summed E-state index contributed by atoms with van der Waals surface area (Å²) in [6.07, 6.45) is 0.343. The summed E-state index contributed by atoms with van der Waals surface area (Å²) in [4.78, 5) is 36.0. The minimum absolute atomic E-state index is 0.0242. The molecule has 0 saturated heterocycles. The molecule has 0 spiro atoms. The van der Waals surface area contributed by atoms with E-state index in [9.17, 15) is 24.6 Å². The van der Waals surface area contributed by atoms with E-state index in [4.69, 9.17) is 0 Å². The monoisotopic (exact) mass is 278 g/mol. The Balaban J connectivity index is 2.66. The van der Waals surface area contributed by atoms with Gasteiger partial charge in [0.15, 0.2) is 11.5 Å². The molecule has 0 aromatic rings. The maximum atomic E-state index is 12.3. The van der Waals surface area contributed by atoms with Crippen LogP contribution in [0.25, 0.3) is 0 Å². The molecule has 108 valence electrons. The van der Waals surface area contributed by atoms with Crippen molar-refractivity contribution in [1.29, 1.82) is 0 Å². The van der Waals surface area contributed by atoms with E-state index in [-0.39, 0.29) is 29.8 Å². The van der Waals surface area contributed by atoms with E-state index in [1.165, 1.54) is 6.92 Å². The van der Waals surface area contributed by atoms with Crippen molar-refractivity contribution < 1.29 is 24.6 Å². The van der Waals surface area contributed by atoms with Gasteiger partial charge in [0.1, 0.15) is 5.78 Å². The second-order valence-electron chi connectivity index (χ2n) is 6.46. The Kier molecular flexibility index (Phi) is 2.93. The minimum atomic E-state index is -0.963. The quantitative estimate of drug-likeness (QED) is 0.717. The van der Waals surface area contributed by atoms with Crippen LogP contribution >= 0.6 is 0 Å². The molecule has 0 aliphatic heterocycles. The molecule has 5 heteroatoms. The van der Waals surface area contributed by atoms with Crippen LogP contribution in [-0.4, -0.2) is 27.6 Å².